The molecule has 18 heavy (non-hydrogen) atoms. The molecule has 0 radical (unpaired) electrons. The Bertz CT molecular complexity index is 711. The maximum atomic E-state index is 5.94. The zero-order chi connectivity index (χ0) is 12.5. The Morgan fingerprint density at radius 3 is 2.94 bits per heavy atom. The van der Waals surface area contributed by atoms with Crippen molar-refractivity contribution in [2.75, 3.05) is 5.32 Å². The van der Waals surface area contributed by atoms with Crippen LogP contribution in [0, 0.1) is 0 Å². The number of aromatic nitrogens is 4. The number of hydrogen-bond acceptors (Lipinski definition) is 4. The van der Waals surface area contributed by atoms with Gasteiger partial charge in [-0.3, -0.25) is 0 Å². The van der Waals surface area contributed by atoms with Gasteiger partial charge in [0.1, 0.15) is 17.3 Å². The van der Waals surface area contributed by atoms with Crippen LogP contribution in [0.3, 0.4) is 0 Å². The Morgan fingerprint density at radius 1 is 1.28 bits per heavy atom. The Kier molecular flexibility index (Phi) is 2.89. The highest BCUT2D eigenvalue weighted by Crippen LogP contribution is 2.26. The number of fused-ring (bicyclic) bond motifs is 1. The van der Waals surface area contributed by atoms with E-state index < -0.39 is 0 Å². The summed E-state index contributed by atoms with van der Waals surface area (Å²) in [6.45, 7) is 0. The zero-order valence-electron chi connectivity index (χ0n) is 9.01. The van der Waals surface area contributed by atoms with Crippen molar-refractivity contribution < 1.29 is 0 Å². The van der Waals surface area contributed by atoms with Crippen LogP contribution in [0.5, 0.6) is 0 Å². The summed E-state index contributed by atoms with van der Waals surface area (Å²) in [7, 11) is 0. The second kappa shape index (κ2) is 4.55. The number of rotatable bonds is 2. The summed E-state index contributed by atoms with van der Waals surface area (Å²) >= 11 is 9.41. The van der Waals surface area contributed by atoms with E-state index in [4.69, 9.17) is 11.6 Å². The van der Waals surface area contributed by atoms with E-state index in [0.29, 0.717) is 16.7 Å². The summed E-state index contributed by atoms with van der Waals surface area (Å²) in [6, 6.07) is 9.47. The van der Waals surface area contributed by atoms with Crippen LogP contribution in [-0.4, -0.2) is 19.6 Å². The van der Waals surface area contributed by atoms with Crippen LogP contribution in [0.15, 0.2) is 41.1 Å². The molecule has 5 nitrogen and oxygen atoms in total. The summed E-state index contributed by atoms with van der Waals surface area (Å²) in [4.78, 5) is 8.07. The fraction of sp³-hybridized carbons (Fsp3) is 0. The maximum Gasteiger partial charge on any atom is 0.255 e. The first-order valence-corrected chi connectivity index (χ1v) is 6.29. The molecule has 1 aromatic carbocycles. The molecule has 0 aliphatic heterocycles. The van der Waals surface area contributed by atoms with Gasteiger partial charge in [-0.2, -0.15) is 19.6 Å². The molecule has 0 spiro atoms. The highest BCUT2D eigenvalue weighted by molar-refractivity contribution is 9.10. The van der Waals surface area contributed by atoms with Crippen LogP contribution < -0.4 is 5.32 Å². The van der Waals surface area contributed by atoms with Crippen molar-refractivity contribution in [1.29, 1.82) is 0 Å². The van der Waals surface area contributed by atoms with E-state index in [-0.39, 0.29) is 0 Å². The van der Waals surface area contributed by atoms with E-state index in [1.807, 2.05) is 24.3 Å². The summed E-state index contributed by atoms with van der Waals surface area (Å²) in [5, 5.41) is 7.69. The average Bonchev–Trinajstić information content (AvgIpc) is 2.80. The first-order valence-electron chi connectivity index (χ1n) is 5.12. The van der Waals surface area contributed by atoms with Gasteiger partial charge in [0.25, 0.3) is 5.78 Å². The normalized spacial score (nSPS) is 10.8. The number of halogens is 2. The Balaban J connectivity index is 2.10. The molecule has 0 saturated heterocycles. The van der Waals surface area contributed by atoms with Gasteiger partial charge in [0, 0.05) is 10.5 Å². The summed E-state index contributed by atoms with van der Waals surface area (Å²) in [5.41, 5.74) is 0.913. The molecule has 0 unspecified atom stereocenters. The van der Waals surface area contributed by atoms with Gasteiger partial charge in [0.2, 0.25) is 0 Å². The van der Waals surface area contributed by atoms with Crippen LogP contribution in [-0.2, 0) is 0 Å². The minimum Gasteiger partial charge on any atom is -0.339 e. The summed E-state index contributed by atoms with van der Waals surface area (Å²) in [6.07, 6.45) is 1.43. The van der Waals surface area contributed by atoms with Crippen molar-refractivity contribution in [3.05, 3.63) is 46.3 Å². The minimum absolute atomic E-state index is 0.366. The van der Waals surface area contributed by atoms with E-state index in [0.717, 1.165) is 10.2 Å². The lowest BCUT2D eigenvalue weighted by atomic mass is 10.3. The van der Waals surface area contributed by atoms with Crippen LogP contribution in [0.4, 0.5) is 11.5 Å². The van der Waals surface area contributed by atoms with Crippen molar-refractivity contribution in [3.8, 4) is 0 Å². The minimum atomic E-state index is 0.366. The fourth-order valence-electron chi connectivity index (χ4n) is 1.57. The van der Waals surface area contributed by atoms with Gasteiger partial charge < -0.3 is 5.32 Å². The van der Waals surface area contributed by atoms with Gasteiger partial charge >= 0.3 is 0 Å². The number of anilines is 2. The number of benzene rings is 1. The second-order valence-corrected chi connectivity index (χ2v) is 4.78. The van der Waals surface area contributed by atoms with Crippen LogP contribution in [0.1, 0.15) is 0 Å². The van der Waals surface area contributed by atoms with E-state index in [2.05, 4.69) is 36.3 Å². The largest absolute Gasteiger partial charge is 0.339 e. The molecule has 1 N–H and O–H groups in total. The lowest BCUT2D eigenvalue weighted by molar-refractivity contribution is 0.947. The van der Waals surface area contributed by atoms with Crippen molar-refractivity contribution in [1.82, 2.24) is 19.6 Å². The van der Waals surface area contributed by atoms with Crippen molar-refractivity contribution in [3.63, 3.8) is 0 Å². The number of nitrogens with zero attached hydrogens (tertiary/aromatic N) is 4. The molecule has 0 aliphatic carbocycles. The molecule has 0 aliphatic rings. The third-order valence-electron chi connectivity index (χ3n) is 2.36. The summed E-state index contributed by atoms with van der Waals surface area (Å²) < 4.78 is 2.54. The fourth-order valence-corrected chi connectivity index (χ4v) is 2.14. The molecule has 0 bridgehead atoms. The smallest absolute Gasteiger partial charge is 0.255 e. The van der Waals surface area contributed by atoms with Gasteiger partial charge in [-0.15, -0.1) is 0 Å². The third-order valence-corrected chi connectivity index (χ3v) is 3.24. The van der Waals surface area contributed by atoms with E-state index in [9.17, 15) is 0 Å². The molecule has 2 heterocycles. The molecule has 3 aromatic rings. The molecular formula is C11H7BrClN5. The van der Waals surface area contributed by atoms with Crippen LogP contribution in [0.25, 0.3) is 5.78 Å². The van der Waals surface area contributed by atoms with Crippen LogP contribution in [0.2, 0.25) is 5.15 Å². The number of hydrogen-bond donors (Lipinski definition) is 1. The predicted molar refractivity (Wildman–Crippen MR) is 73.2 cm³/mol. The van der Waals surface area contributed by atoms with Gasteiger partial charge in [-0.05, 0) is 28.1 Å². The lowest BCUT2D eigenvalue weighted by Gasteiger charge is -2.09. The maximum absolute atomic E-state index is 5.94. The second-order valence-electron chi connectivity index (χ2n) is 3.54. The van der Waals surface area contributed by atoms with Crippen molar-refractivity contribution >= 4 is 44.8 Å². The van der Waals surface area contributed by atoms with E-state index in [1.54, 1.807) is 10.6 Å². The standard InChI is InChI=1S/C11H7BrClN5/c12-7-3-1-2-4-8(7)16-10-5-9(13)17-11-14-6-15-18(10)11/h1-6,16H. The predicted octanol–water partition coefficient (Wildman–Crippen LogP) is 3.28. The highest BCUT2D eigenvalue weighted by atomic mass is 79.9. The highest BCUT2D eigenvalue weighted by Gasteiger charge is 2.07. The monoisotopic (exact) mass is 323 g/mol. The van der Waals surface area contributed by atoms with Gasteiger partial charge in [0.15, 0.2) is 0 Å². The SMILES string of the molecule is Clc1cc(Nc2ccccc2Br)n2ncnc2n1. The van der Waals surface area contributed by atoms with E-state index >= 15 is 0 Å². The molecule has 0 atom stereocenters. The van der Waals surface area contributed by atoms with Gasteiger partial charge in [-0.25, -0.2) is 0 Å². The molecular weight excluding hydrogens is 318 g/mol. The first kappa shape index (κ1) is 11.4. The van der Waals surface area contributed by atoms with Crippen molar-refractivity contribution in [2.45, 2.75) is 0 Å². The topological polar surface area (TPSA) is 55.1 Å². The zero-order valence-corrected chi connectivity index (χ0v) is 11.4. The van der Waals surface area contributed by atoms with Crippen LogP contribution >= 0.6 is 27.5 Å². The molecule has 2 aromatic heterocycles. The number of para-hydroxylation sites is 1. The molecule has 90 valence electrons. The molecule has 0 fully saturated rings. The quantitative estimate of drug-likeness (QED) is 0.735. The molecule has 0 amide bonds. The van der Waals surface area contributed by atoms with Crippen molar-refractivity contribution in [2.24, 2.45) is 0 Å². The van der Waals surface area contributed by atoms with Gasteiger partial charge in [0.05, 0.1) is 5.69 Å². The third kappa shape index (κ3) is 2.04. The molecule has 7 heteroatoms. The number of nitrogens with one attached hydrogen (secondary N) is 1. The molecule has 0 saturated carbocycles. The first-order chi connectivity index (χ1) is 8.74. The average molecular weight is 325 g/mol. The summed E-state index contributed by atoms with van der Waals surface area (Å²) in [5.74, 6) is 1.16. The van der Waals surface area contributed by atoms with E-state index in [1.165, 1.54) is 6.33 Å². The molecule has 3 rings (SSSR count). The Hall–Kier alpha value is -1.66. The Morgan fingerprint density at radius 2 is 2.11 bits per heavy atom. The Labute approximate surface area is 116 Å². The lowest BCUT2D eigenvalue weighted by Crippen LogP contribution is -2.01. The van der Waals surface area contributed by atoms with Gasteiger partial charge in [-0.1, -0.05) is 23.7 Å².